The van der Waals surface area contributed by atoms with E-state index in [9.17, 15) is 9.59 Å². The van der Waals surface area contributed by atoms with Crippen LogP contribution in [0.15, 0.2) is 41.8 Å². The number of halogens is 1. The van der Waals surface area contributed by atoms with Crippen LogP contribution in [0.3, 0.4) is 0 Å². The normalized spacial score (nSPS) is 12.8. The van der Waals surface area contributed by atoms with E-state index in [1.165, 1.54) is 10.4 Å². The van der Waals surface area contributed by atoms with Gasteiger partial charge in [-0.25, -0.2) is 0 Å². The molecule has 3 rings (SSSR count). The van der Waals surface area contributed by atoms with Gasteiger partial charge in [0.25, 0.3) is 0 Å². The molecule has 1 aliphatic heterocycles. The van der Waals surface area contributed by atoms with Crippen molar-refractivity contribution in [2.45, 2.75) is 38.8 Å². The summed E-state index contributed by atoms with van der Waals surface area (Å²) in [6.07, 6.45) is 2.21. The fraction of sp³-hybridized carbons (Fsp3) is 0.429. The van der Waals surface area contributed by atoms with Crippen molar-refractivity contribution in [1.29, 1.82) is 0 Å². The van der Waals surface area contributed by atoms with Crippen LogP contribution < -0.4 is 5.73 Å². The lowest BCUT2D eigenvalue weighted by atomic mass is 10.1. The molecule has 0 unspecified atom stereocenters. The van der Waals surface area contributed by atoms with E-state index in [0.717, 1.165) is 24.9 Å². The number of carbonyl (C=O) groups excluding carboxylic acids is 2. The molecule has 0 atom stereocenters. The van der Waals surface area contributed by atoms with Crippen LogP contribution in [0.2, 0.25) is 0 Å². The van der Waals surface area contributed by atoms with Gasteiger partial charge in [-0.05, 0) is 42.0 Å². The van der Waals surface area contributed by atoms with Gasteiger partial charge in [-0.2, -0.15) is 0 Å². The molecule has 2 heterocycles. The van der Waals surface area contributed by atoms with Crippen LogP contribution in [0.1, 0.15) is 35.3 Å². The van der Waals surface area contributed by atoms with Crippen LogP contribution in [0, 0.1) is 0 Å². The Morgan fingerprint density at radius 3 is 2.68 bits per heavy atom. The maximum absolute atomic E-state index is 12.7. The van der Waals surface area contributed by atoms with E-state index in [2.05, 4.69) is 11.4 Å². The third kappa shape index (κ3) is 6.06. The summed E-state index contributed by atoms with van der Waals surface area (Å²) in [6, 6.07) is 12.0. The highest BCUT2D eigenvalue weighted by atomic mass is 35.5. The van der Waals surface area contributed by atoms with Gasteiger partial charge in [0.1, 0.15) is 0 Å². The third-order valence-corrected chi connectivity index (χ3v) is 5.94. The van der Waals surface area contributed by atoms with Crippen LogP contribution in [-0.4, -0.2) is 41.2 Å². The molecule has 2 amide bonds. The minimum Gasteiger partial charge on any atom is -0.338 e. The first kappa shape index (κ1) is 22.4. The van der Waals surface area contributed by atoms with Gasteiger partial charge in [0.05, 0.1) is 0 Å². The molecule has 1 aromatic heterocycles. The lowest BCUT2D eigenvalue weighted by Gasteiger charge is -2.28. The van der Waals surface area contributed by atoms with Crippen molar-refractivity contribution >= 4 is 35.6 Å². The van der Waals surface area contributed by atoms with Gasteiger partial charge in [0.15, 0.2) is 0 Å². The highest BCUT2D eigenvalue weighted by Crippen LogP contribution is 2.24. The molecule has 2 N–H and O–H groups in total. The predicted molar refractivity (Wildman–Crippen MR) is 115 cm³/mol. The number of benzene rings is 1. The second kappa shape index (κ2) is 11.2. The van der Waals surface area contributed by atoms with Crippen LogP contribution >= 0.6 is 23.7 Å². The van der Waals surface area contributed by atoms with E-state index in [1.54, 1.807) is 11.3 Å². The van der Waals surface area contributed by atoms with Gasteiger partial charge in [-0.1, -0.05) is 30.3 Å². The van der Waals surface area contributed by atoms with Crippen molar-refractivity contribution in [2.24, 2.45) is 5.73 Å². The van der Waals surface area contributed by atoms with Crippen molar-refractivity contribution < 1.29 is 9.59 Å². The van der Waals surface area contributed by atoms with Gasteiger partial charge < -0.3 is 15.5 Å². The largest absolute Gasteiger partial charge is 0.338 e. The molecule has 0 spiro atoms. The second-order valence-corrected chi connectivity index (χ2v) is 7.88. The van der Waals surface area contributed by atoms with Crippen LogP contribution in [0.25, 0.3) is 0 Å². The molecule has 0 saturated carbocycles. The first-order valence-corrected chi connectivity index (χ1v) is 10.4. The van der Waals surface area contributed by atoms with E-state index < -0.39 is 0 Å². The van der Waals surface area contributed by atoms with Crippen LogP contribution in [0.4, 0.5) is 0 Å². The molecule has 1 aliphatic rings. The number of hydrogen-bond donors (Lipinski definition) is 1. The van der Waals surface area contributed by atoms with E-state index in [4.69, 9.17) is 5.73 Å². The van der Waals surface area contributed by atoms with Crippen LogP contribution in [-0.2, 0) is 29.1 Å². The van der Waals surface area contributed by atoms with Gasteiger partial charge >= 0.3 is 0 Å². The Morgan fingerprint density at radius 2 is 1.93 bits per heavy atom. The average Bonchev–Trinajstić information content (AvgIpc) is 3.17. The molecule has 0 fully saturated rings. The summed E-state index contributed by atoms with van der Waals surface area (Å²) in [7, 11) is 0. The van der Waals surface area contributed by atoms with Gasteiger partial charge in [-0.3, -0.25) is 9.59 Å². The van der Waals surface area contributed by atoms with Gasteiger partial charge in [0, 0.05) is 43.9 Å². The standard InChI is InChI=1S/C21H27N3O2S.ClH/c22-11-4-12-23(15-17-5-2-1-3-6-17)20(25)7-8-21(26)24-13-9-19-18(16-24)10-14-27-19;/h1-3,5-6,10,14H,4,7-9,11-13,15-16,22H2;1H. The van der Waals surface area contributed by atoms with Gasteiger partial charge in [0.2, 0.25) is 11.8 Å². The minimum atomic E-state index is 0. The molecule has 0 saturated heterocycles. The van der Waals surface area contributed by atoms with Crippen molar-refractivity contribution in [3.8, 4) is 0 Å². The quantitative estimate of drug-likeness (QED) is 0.711. The van der Waals surface area contributed by atoms with Crippen molar-refractivity contribution in [1.82, 2.24) is 9.80 Å². The lowest BCUT2D eigenvalue weighted by Crippen LogP contribution is -2.37. The molecule has 28 heavy (non-hydrogen) atoms. The number of thiophene rings is 1. The number of carbonyl (C=O) groups is 2. The highest BCUT2D eigenvalue weighted by Gasteiger charge is 2.23. The number of nitrogens with zero attached hydrogens (tertiary/aromatic N) is 2. The van der Waals surface area contributed by atoms with E-state index in [1.807, 2.05) is 40.1 Å². The summed E-state index contributed by atoms with van der Waals surface area (Å²) in [5.41, 5.74) is 7.96. The predicted octanol–water partition coefficient (Wildman–Crippen LogP) is 3.21. The molecular formula is C21H28ClN3O2S. The summed E-state index contributed by atoms with van der Waals surface area (Å²) < 4.78 is 0. The Balaban J connectivity index is 0.00000280. The Bertz CT molecular complexity index is 766. The maximum atomic E-state index is 12.7. The monoisotopic (exact) mass is 421 g/mol. The summed E-state index contributed by atoms with van der Waals surface area (Å²) in [5, 5.41) is 2.08. The summed E-state index contributed by atoms with van der Waals surface area (Å²) >= 11 is 1.76. The average molecular weight is 422 g/mol. The first-order valence-electron chi connectivity index (χ1n) is 9.52. The minimum absolute atomic E-state index is 0. The third-order valence-electron chi connectivity index (χ3n) is 4.91. The van der Waals surface area contributed by atoms with E-state index in [0.29, 0.717) is 26.2 Å². The van der Waals surface area contributed by atoms with Crippen molar-refractivity contribution in [3.63, 3.8) is 0 Å². The molecule has 1 aromatic carbocycles. The van der Waals surface area contributed by atoms with Crippen LogP contribution in [0.5, 0.6) is 0 Å². The summed E-state index contributed by atoms with van der Waals surface area (Å²) in [5.74, 6) is 0.0903. The van der Waals surface area contributed by atoms with Gasteiger partial charge in [-0.15, -0.1) is 23.7 Å². The zero-order valence-electron chi connectivity index (χ0n) is 16.0. The second-order valence-electron chi connectivity index (χ2n) is 6.88. The molecule has 152 valence electrons. The Kier molecular flexibility index (Phi) is 8.96. The number of hydrogen-bond acceptors (Lipinski definition) is 4. The zero-order chi connectivity index (χ0) is 19.1. The fourth-order valence-electron chi connectivity index (χ4n) is 3.37. The highest BCUT2D eigenvalue weighted by molar-refractivity contribution is 7.10. The Hall–Kier alpha value is -1.89. The van der Waals surface area contributed by atoms with Crippen molar-refractivity contribution in [2.75, 3.05) is 19.6 Å². The molecule has 0 radical (unpaired) electrons. The topological polar surface area (TPSA) is 66.6 Å². The fourth-order valence-corrected chi connectivity index (χ4v) is 4.26. The molecule has 5 nitrogen and oxygen atoms in total. The summed E-state index contributed by atoms with van der Waals surface area (Å²) in [4.78, 5) is 30.4. The summed E-state index contributed by atoms with van der Waals surface area (Å²) in [6.45, 7) is 3.17. The number of rotatable bonds is 8. The number of nitrogens with two attached hydrogens (primary N) is 1. The number of fused-ring (bicyclic) bond motifs is 1. The molecule has 0 bridgehead atoms. The smallest absolute Gasteiger partial charge is 0.223 e. The first-order chi connectivity index (χ1) is 13.2. The maximum Gasteiger partial charge on any atom is 0.223 e. The molecular weight excluding hydrogens is 394 g/mol. The van der Waals surface area contributed by atoms with E-state index in [-0.39, 0.29) is 37.1 Å². The molecule has 7 heteroatoms. The Labute approximate surface area is 176 Å². The SMILES string of the molecule is Cl.NCCCN(Cc1ccccc1)C(=O)CCC(=O)N1CCc2sccc2C1. The lowest BCUT2D eigenvalue weighted by molar-refractivity contribution is -0.137. The number of amides is 2. The molecule has 0 aliphatic carbocycles. The molecule has 2 aromatic rings. The van der Waals surface area contributed by atoms with Crippen molar-refractivity contribution in [3.05, 3.63) is 57.8 Å². The Morgan fingerprint density at radius 1 is 1.14 bits per heavy atom. The zero-order valence-corrected chi connectivity index (χ0v) is 17.6. The van der Waals surface area contributed by atoms with E-state index >= 15 is 0 Å².